The third kappa shape index (κ3) is 4.37. The maximum absolute atomic E-state index is 13.3. The number of ether oxygens (including phenoxy) is 1. The molecule has 0 unspecified atom stereocenters. The molecule has 0 spiro atoms. The van der Waals surface area contributed by atoms with Gasteiger partial charge in [-0.3, -0.25) is 4.79 Å². The zero-order valence-corrected chi connectivity index (χ0v) is 19.3. The largest absolute Gasteiger partial charge is 0.486 e. The first-order valence-corrected chi connectivity index (χ1v) is 12.0. The first kappa shape index (κ1) is 21.4. The van der Waals surface area contributed by atoms with Crippen molar-refractivity contribution in [1.82, 2.24) is 19.4 Å². The minimum Gasteiger partial charge on any atom is -0.486 e. The van der Waals surface area contributed by atoms with Crippen LogP contribution in [0.5, 0.6) is 5.75 Å². The number of hydrogen-bond donors (Lipinski definition) is 0. The van der Waals surface area contributed by atoms with Gasteiger partial charge in [0.2, 0.25) is 5.91 Å². The van der Waals surface area contributed by atoms with Crippen LogP contribution in [0.15, 0.2) is 83.3 Å². The number of carbonyl (C=O) groups is 1. The molecule has 7 heteroatoms. The van der Waals surface area contributed by atoms with Crippen molar-refractivity contribution >= 4 is 28.0 Å². The Morgan fingerprint density at radius 2 is 1.60 bits per heavy atom. The smallest absolute Gasteiger partial charge is 0.242 e. The van der Waals surface area contributed by atoms with Gasteiger partial charge in [-0.05, 0) is 49.2 Å². The van der Waals surface area contributed by atoms with Gasteiger partial charge in [-0.25, -0.2) is 9.97 Å². The summed E-state index contributed by atoms with van der Waals surface area (Å²) in [5, 5.41) is 0. The van der Waals surface area contributed by atoms with E-state index in [1.807, 2.05) is 88.3 Å². The molecular formula is C28H26N4O3. The fourth-order valence-electron chi connectivity index (χ4n) is 4.75. The Balaban J connectivity index is 1.15. The SMILES string of the molecule is O=C(Cn1c(COc2ccccc2)nc2ccccc21)N1CCC(c2nc3ccccc3o2)CC1. The summed E-state index contributed by atoms with van der Waals surface area (Å²) >= 11 is 0. The Morgan fingerprint density at radius 1 is 0.886 bits per heavy atom. The topological polar surface area (TPSA) is 73.4 Å². The van der Waals surface area contributed by atoms with Crippen LogP contribution in [-0.4, -0.2) is 38.4 Å². The summed E-state index contributed by atoms with van der Waals surface area (Å²) in [5.41, 5.74) is 3.51. The van der Waals surface area contributed by atoms with E-state index in [-0.39, 0.29) is 18.4 Å². The molecule has 0 bridgehead atoms. The highest BCUT2D eigenvalue weighted by atomic mass is 16.5. The fraction of sp³-hybridized carbons (Fsp3) is 0.250. The molecule has 1 amide bonds. The Morgan fingerprint density at radius 3 is 2.40 bits per heavy atom. The van der Waals surface area contributed by atoms with Crippen LogP contribution >= 0.6 is 0 Å². The van der Waals surface area contributed by atoms with Crippen LogP contribution in [0.4, 0.5) is 0 Å². The molecule has 176 valence electrons. The van der Waals surface area contributed by atoms with Crippen molar-refractivity contribution in [3.63, 3.8) is 0 Å². The van der Waals surface area contributed by atoms with Crippen molar-refractivity contribution in [2.45, 2.75) is 31.9 Å². The molecule has 1 saturated heterocycles. The average Bonchev–Trinajstić information content (AvgIpc) is 3.50. The van der Waals surface area contributed by atoms with Crippen LogP contribution < -0.4 is 4.74 Å². The second kappa shape index (κ2) is 9.25. The van der Waals surface area contributed by atoms with E-state index in [1.54, 1.807) is 0 Å². The van der Waals surface area contributed by atoms with E-state index >= 15 is 0 Å². The zero-order chi connectivity index (χ0) is 23.6. The zero-order valence-electron chi connectivity index (χ0n) is 19.3. The maximum Gasteiger partial charge on any atom is 0.242 e. The number of rotatable bonds is 6. The number of benzene rings is 3. The van der Waals surface area contributed by atoms with Crippen LogP contribution in [0.25, 0.3) is 22.1 Å². The molecular weight excluding hydrogens is 440 g/mol. The van der Waals surface area contributed by atoms with Crippen LogP contribution in [0.2, 0.25) is 0 Å². The molecule has 7 nitrogen and oxygen atoms in total. The molecule has 6 rings (SSSR count). The number of para-hydroxylation sites is 5. The molecule has 3 heterocycles. The predicted molar refractivity (Wildman–Crippen MR) is 133 cm³/mol. The Hall–Kier alpha value is -4.13. The molecule has 2 aromatic heterocycles. The van der Waals surface area contributed by atoms with Crippen LogP contribution in [0.3, 0.4) is 0 Å². The van der Waals surface area contributed by atoms with E-state index in [2.05, 4.69) is 4.98 Å². The Kier molecular flexibility index (Phi) is 5.66. The van der Waals surface area contributed by atoms with Crippen LogP contribution in [-0.2, 0) is 17.9 Å². The number of aromatic nitrogens is 3. The minimum atomic E-state index is 0.0881. The summed E-state index contributed by atoms with van der Waals surface area (Å²) in [6.07, 6.45) is 1.68. The highest BCUT2D eigenvalue weighted by Gasteiger charge is 2.28. The van der Waals surface area contributed by atoms with Gasteiger partial charge in [0.1, 0.15) is 30.2 Å². The monoisotopic (exact) mass is 466 g/mol. The highest BCUT2D eigenvalue weighted by Crippen LogP contribution is 2.30. The quantitative estimate of drug-likeness (QED) is 0.346. The number of likely N-dealkylation sites (tertiary alicyclic amines) is 1. The van der Waals surface area contributed by atoms with E-state index in [4.69, 9.17) is 14.1 Å². The number of carbonyl (C=O) groups excluding carboxylic acids is 1. The van der Waals surface area contributed by atoms with Crippen molar-refractivity contribution < 1.29 is 13.9 Å². The van der Waals surface area contributed by atoms with Crippen molar-refractivity contribution in [2.75, 3.05) is 13.1 Å². The standard InChI is InChI=1S/C28H26N4O3/c33-27(31-16-14-20(15-17-31)28-30-23-11-5-7-13-25(23)35-28)18-32-24-12-6-4-10-22(24)29-26(32)19-34-21-8-2-1-3-9-21/h1-13,20H,14-19H2. The number of nitrogens with zero attached hydrogens (tertiary/aromatic N) is 4. The molecule has 1 fully saturated rings. The average molecular weight is 467 g/mol. The van der Waals surface area contributed by atoms with E-state index in [0.717, 1.165) is 52.4 Å². The second-order valence-corrected chi connectivity index (χ2v) is 8.88. The molecule has 5 aromatic rings. The number of fused-ring (bicyclic) bond motifs is 2. The lowest BCUT2D eigenvalue weighted by Crippen LogP contribution is -2.40. The van der Waals surface area contributed by atoms with Gasteiger partial charge in [0, 0.05) is 19.0 Å². The third-order valence-electron chi connectivity index (χ3n) is 6.65. The van der Waals surface area contributed by atoms with Gasteiger partial charge >= 0.3 is 0 Å². The molecule has 0 saturated carbocycles. The van der Waals surface area contributed by atoms with Gasteiger partial charge in [-0.1, -0.05) is 42.5 Å². The lowest BCUT2D eigenvalue weighted by molar-refractivity contribution is -0.132. The third-order valence-corrected chi connectivity index (χ3v) is 6.65. The van der Waals surface area contributed by atoms with Crippen LogP contribution in [0, 0.1) is 0 Å². The van der Waals surface area contributed by atoms with Gasteiger partial charge in [0.05, 0.1) is 11.0 Å². The molecule has 0 radical (unpaired) electrons. The molecule has 0 N–H and O–H groups in total. The summed E-state index contributed by atoms with van der Waals surface area (Å²) in [6.45, 7) is 1.91. The van der Waals surface area contributed by atoms with Gasteiger partial charge in [0.15, 0.2) is 11.5 Å². The van der Waals surface area contributed by atoms with Crippen molar-refractivity contribution in [3.05, 3.63) is 90.6 Å². The van der Waals surface area contributed by atoms with Crippen molar-refractivity contribution in [2.24, 2.45) is 0 Å². The Bertz CT molecular complexity index is 1430. The van der Waals surface area contributed by atoms with Gasteiger partial charge in [0.25, 0.3) is 0 Å². The summed E-state index contributed by atoms with van der Waals surface area (Å²) in [6, 6.07) is 25.4. The fourth-order valence-corrected chi connectivity index (χ4v) is 4.75. The molecule has 35 heavy (non-hydrogen) atoms. The Labute approximate surface area is 203 Å². The van der Waals surface area contributed by atoms with Gasteiger partial charge in [-0.15, -0.1) is 0 Å². The maximum atomic E-state index is 13.3. The van der Waals surface area contributed by atoms with E-state index in [0.29, 0.717) is 19.7 Å². The lowest BCUT2D eigenvalue weighted by atomic mass is 9.97. The normalized spacial score (nSPS) is 14.6. The number of piperidine rings is 1. The van der Waals surface area contributed by atoms with Crippen LogP contribution in [0.1, 0.15) is 30.5 Å². The summed E-state index contributed by atoms with van der Waals surface area (Å²) in [4.78, 5) is 24.7. The highest BCUT2D eigenvalue weighted by molar-refractivity contribution is 5.81. The molecule has 0 atom stereocenters. The predicted octanol–water partition coefficient (Wildman–Crippen LogP) is 5.16. The number of amides is 1. The molecule has 1 aliphatic rings. The van der Waals surface area contributed by atoms with Gasteiger partial charge in [-0.2, -0.15) is 0 Å². The minimum absolute atomic E-state index is 0.0881. The first-order valence-electron chi connectivity index (χ1n) is 12.0. The van der Waals surface area contributed by atoms with E-state index in [9.17, 15) is 4.79 Å². The van der Waals surface area contributed by atoms with Crippen molar-refractivity contribution in [1.29, 1.82) is 0 Å². The number of hydrogen-bond acceptors (Lipinski definition) is 5. The summed E-state index contributed by atoms with van der Waals surface area (Å²) in [7, 11) is 0. The number of imidazole rings is 1. The molecule has 0 aliphatic carbocycles. The summed E-state index contributed by atoms with van der Waals surface area (Å²) in [5.74, 6) is 2.61. The molecule has 1 aliphatic heterocycles. The summed E-state index contributed by atoms with van der Waals surface area (Å²) < 4.78 is 13.9. The van der Waals surface area contributed by atoms with Gasteiger partial charge < -0.3 is 18.6 Å². The second-order valence-electron chi connectivity index (χ2n) is 8.88. The molecule has 3 aromatic carbocycles. The van der Waals surface area contributed by atoms with E-state index in [1.165, 1.54) is 0 Å². The lowest BCUT2D eigenvalue weighted by Gasteiger charge is -2.31. The number of oxazole rings is 1. The van der Waals surface area contributed by atoms with E-state index < -0.39 is 0 Å². The van der Waals surface area contributed by atoms with Crippen molar-refractivity contribution in [3.8, 4) is 5.75 Å². The first-order chi connectivity index (χ1) is 17.2.